The largest absolute Gasteiger partial charge is 0.490 e. The highest BCUT2D eigenvalue weighted by molar-refractivity contribution is 5.92. The summed E-state index contributed by atoms with van der Waals surface area (Å²) < 4.78 is 24.6. The van der Waals surface area contributed by atoms with Crippen LogP contribution in [0.25, 0.3) is 11.1 Å². The molecular formula is C20H18FN3O3. The molecule has 2 aromatic heterocycles. The number of aromatic nitrogens is 2. The van der Waals surface area contributed by atoms with Crippen LogP contribution in [0.1, 0.15) is 16.2 Å². The Morgan fingerprint density at radius 3 is 2.52 bits per heavy atom. The molecule has 0 saturated carbocycles. The van der Waals surface area contributed by atoms with Crippen molar-refractivity contribution in [3.05, 3.63) is 72.1 Å². The predicted molar refractivity (Wildman–Crippen MR) is 98.1 cm³/mol. The van der Waals surface area contributed by atoms with E-state index in [2.05, 4.69) is 9.97 Å². The summed E-state index contributed by atoms with van der Waals surface area (Å²) in [4.78, 5) is 19.5. The quantitative estimate of drug-likeness (QED) is 0.648. The summed E-state index contributed by atoms with van der Waals surface area (Å²) in [7, 11) is 0. The van der Waals surface area contributed by atoms with E-state index in [9.17, 15) is 9.18 Å². The van der Waals surface area contributed by atoms with Crippen molar-refractivity contribution in [2.75, 3.05) is 13.2 Å². The van der Waals surface area contributed by atoms with Crippen molar-refractivity contribution < 1.29 is 18.7 Å². The van der Waals surface area contributed by atoms with Gasteiger partial charge in [0.1, 0.15) is 36.2 Å². The van der Waals surface area contributed by atoms with Crippen molar-refractivity contribution in [2.45, 2.75) is 6.92 Å². The summed E-state index contributed by atoms with van der Waals surface area (Å²) in [5.74, 6) is 0.140. The van der Waals surface area contributed by atoms with Crippen LogP contribution in [0.15, 0.2) is 54.9 Å². The number of carbonyl (C=O) groups excluding carboxylic acids is 1. The number of hydrogen-bond acceptors (Lipinski definition) is 5. The molecule has 138 valence electrons. The SMILES string of the molecule is Cc1cc(OCCOc2cnc(C(N)=O)cc2-c2ccc(F)cc2)ccn1. The molecular weight excluding hydrogens is 349 g/mol. The summed E-state index contributed by atoms with van der Waals surface area (Å²) in [6, 6.07) is 11.0. The lowest BCUT2D eigenvalue weighted by atomic mass is 10.0. The Hall–Kier alpha value is -3.48. The molecule has 27 heavy (non-hydrogen) atoms. The number of carbonyl (C=O) groups is 1. The lowest BCUT2D eigenvalue weighted by Crippen LogP contribution is -2.14. The first-order chi connectivity index (χ1) is 13.0. The monoisotopic (exact) mass is 367 g/mol. The first-order valence-corrected chi connectivity index (χ1v) is 8.27. The van der Waals surface area contributed by atoms with Crippen molar-refractivity contribution in [2.24, 2.45) is 5.73 Å². The van der Waals surface area contributed by atoms with Gasteiger partial charge in [-0.05, 0) is 36.8 Å². The smallest absolute Gasteiger partial charge is 0.267 e. The summed E-state index contributed by atoms with van der Waals surface area (Å²) in [6.45, 7) is 2.45. The molecule has 0 atom stereocenters. The van der Waals surface area contributed by atoms with Crippen LogP contribution in [0, 0.1) is 12.7 Å². The average molecular weight is 367 g/mol. The predicted octanol–water partition coefficient (Wildman–Crippen LogP) is 3.15. The van der Waals surface area contributed by atoms with Crippen LogP contribution in [-0.4, -0.2) is 29.1 Å². The molecule has 0 fully saturated rings. The molecule has 0 unspecified atom stereocenters. The lowest BCUT2D eigenvalue weighted by Gasteiger charge is -2.13. The van der Waals surface area contributed by atoms with Gasteiger partial charge in [-0.2, -0.15) is 0 Å². The van der Waals surface area contributed by atoms with Gasteiger partial charge in [-0.15, -0.1) is 0 Å². The number of nitrogens with zero attached hydrogens (tertiary/aromatic N) is 2. The van der Waals surface area contributed by atoms with E-state index in [0.29, 0.717) is 29.2 Å². The molecule has 0 bridgehead atoms. The maximum atomic E-state index is 13.2. The van der Waals surface area contributed by atoms with Crippen LogP contribution in [-0.2, 0) is 0 Å². The third kappa shape index (κ3) is 4.78. The second-order valence-electron chi connectivity index (χ2n) is 5.77. The van der Waals surface area contributed by atoms with Gasteiger partial charge < -0.3 is 15.2 Å². The molecule has 0 spiro atoms. The Bertz CT molecular complexity index is 945. The zero-order valence-electron chi connectivity index (χ0n) is 14.7. The van der Waals surface area contributed by atoms with E-state index in [1.807, 2.05) is 13.0 Å². The number of aryl methyl sites for hydroxylation is 1. The average Bonchev–Trinajstić information content (AvgIpc) is 2.66. The number of hydrogen-bond donors (Lipinski definition) is 1. The third-order valence-electron chi connectivity index (χ3n) is 3.75. The van der Waals surface area contributed by atoms with Crippen LogP contribution >= 0.6 is 0 Å². The summed E-state index contributed by atoms with van der Waals surface area (Å²) in [5, 5.41) is 0. The molecule has 0 radical (unpaired) electrons. The van der Waals surface area contributed by atoms with Crippen molar-refractivity contribution in [3.8, 4) is 22.6 Å². The first-order valence-electron chi connectivity index (χ1n) is 8.27. The summed E-state index contributed by atoms with van der Waals surface area (Å²) in [5.41, 5.74) is 7.55. The number of primary amides is 1. The van der Waals surface area contributed by atoms with Crippen molar-refractivity contribution >= 4 is 5.91 Å². The van der Waals surface area contributed by atoms with Crippen LogP contribution in [0.3, 0.4) is 0 Å². The van der Waals surface area contributed by atoms with E-state index in [0.717, 1.165) is 5.69 Å². The van der Waals surface area contributed by atoms with Gasteiger partial charge in [0.15, 0.2) is 0 Å². The second kappa shape index (κ2) is 8.27. The van der Waals surface area contributed by atoms with Gasteiger partial charge in [0.25, 0.3) is 5.91 Å². The van der Waals surface area contributed by atoms with Crippen molar-refractivity contribution in [3.63, 3.8) is 0 Å². The normalized spacial score (nSPS) is 10.4. The minimum absolute atomic E-state index is 0.102. The number of pyridine rings is 2. The lowest BCUT2D eigenvalue weighted by molar-refractivity contribution is 0.0995. The fraction of sp³-hybridized carbons (Fsp3) is 0.150. The molecule has 0 saturated heterocycles. The van der Waals surface area contributed by atoms with Crippen LogP contribution in [0.2, 0.25) is 0 Å². The van der Waals surface area contributed by atoms with E-state index in [1.54, 1.807) is 24.4 Å². The molecule has 1 amide bonds. The molecule has 2 N–H and O–H groups in total. The Morgan fingerprint density at radius 2 is 1.81 bits per heavy atom. The minimum atomic E-state index is -0.652. The molecule has 0 aliphatic rings. The minimum Gasteiger partial charge on any atom is -0.490 e. The van der Waals surface area contributed by atoms with E-state index >= 15 is 0 Å². The van der Waals surface area contributed by atoms with E-state index in [-0.39, 0.29) is 18.1 Å². The molecule has 0 aliphatic carbocycles. The molecule has 3 aromatic rings. The molecule has 1 aromatic carbocycles. The van der Waals surface area contributed by atoms with Gasteiger partial charge in [0, 0.05) is 23.5 Å². The Kier molecular flexibility index (Phi) is 5.61. The van der Waals surface area contributed by atoms with Gasteiger partial charge in [-0.25, -0.2) is 9.37 Å². The topological polar surface area (TPSA) is 87.3 Å². The molecule has 7 heteroatoms. The number of halogens is 1. The van der Waals surface area contributed by atoms with Crippen LogP contribution in [0.4, 0.5) is 4.39 Å². The van der Waals surface area contributed by atoms with Crippen molar-refractivity contribution in [1.82, 2.24) is 9.97 Å². The highest BCUT2D eigenvalue weighted by atomic mass is 19.1. The van der Waals surface area contributed by atoms with Gasteiger partial charge in [0.2, 0.25) is 0 Å². The van der Waals surface area contributed by atoms with E-state index in [1.165, 1.54) is 24.4 Å². The van der Waals surface area contributed by atoms with Crippen molar-refractivity contribution in [1.29, 1.82) is 0 Å². The highest BCUT2D eigenvalue weighted by Gasteiger charge is 2.12. The Morgan fingerprint density at radius 1 is 1.07 bits per heavy atom. The van der Waals surface area contributed by atoms with Gasteiger partial charge >= 0.3 is 0 Å². The first kappa shape index (κ1) is 18.3. The molecule has 6 nitrogen and oxygen atoms in total. The zero-order valence-corrected chi connectivity index (χ0v) is 14.7. The maximum absolute atomic E-state index is 13.2. The van der Waals surface area contributed by atoms with E-state index < -0.39 is 5.91 Å². The zero-order chi connectivity index (χ0) is 19.2. The van der Waals surface area contributed by atoms with Crippen LogP contribution in [0.5, 0.6) is 11.5 Å². The number of amides is 1. The number of benzene rings is 1. The fourth-order valence-corrected chi connectivity index (χ4v) is 2.47. The fourth-order valence-electron chi connectivity index (χ4n) is 2.47. The standard InChI is InChI=1S/C20H18FN3O3/c1-13-10-16(6-7-23-13)26-8-9-27-19-12-24-18(20(22)25)11-17(19)14-2-4-15(21)5-3-14/h2-7,10-12H,8-9H2,1H3,(H2,22,25). The van der Waals surface area contributed by atoms with E-state index in [4.69, 9.17) is 15.2 Å². The number of rotatable bonds is 7. The maximum Gasteiger partial charge on any atom is 0.267 e. The number of nitrogens with two attached hydrogens (primary N) is 1. The van der Waals surface area contributed by atoms with Gasteiger partial charge in [-0.3, -0.25) is 9.78 Å². The Balaban J connectivity index is 1.74. The number of ether oxygens (including phenoxy) is 2. The third-order valence-corrected chi connectivity index (χ3v) is 3.75. The van der Waals surface area contributed by atoms with Gasteiger partial charge in [0.05, 0.1) is 6.20 Å². The molecule has 0 aliphatic heterocycles. The molecule has 2 heterocycles. The second-order valence-corrected chi connectivity index (χ2v) is 5.77. The molecule has 3 rings (SSSR count). The van der Waals surface area contributed by atoms with Crippen LogP contribution < -0.4 is 15.2 Å². The highest BCUT2D eigenvalue weighted by Crippen LogP contribution is 2.30. The Labute approximate surface area is 155 Å². The summed E-state index contributed by atoms with van der Waals surface area (Å²) in [6.07, 6.45) is 3.10. The summed E-state index contributed by atoms with van der Waals surface area (Å²) >= 11 is 0. The van der Waals surface area contributed by atoms with Gasteiger partial charge in [-0.1, -0.05) is 12.1 Å².